The van der Waals surface area contributed by atoms with Gasteiger partial charge in [-0.05, 0) is 59.3 Å². The molecule has 3 rings (SSSR count). The monoisotopic (exact) mass is 725 g/mol. The highest BCUT2D eigenvalue weighted by Gasteiger charge is 2.18. The summed E-state index contributed by atoms with van der Waals surface area (Å²) in [6.07, 6.45) is 8.72. The van der Waals surface area contributed by atoms with Gasteiger partial charge >= 0.3 is 0 Å². The third-order valence-corrected chi connectivity index (χ3v) is 8.78. The molecule has 0 fully saturated rings. The standard InChI is InChI=1S/C36H51N7O9/c1-25-34(50)28(44)10-19-41(25)16-7-4-13-37-31(47)22-40(23-32(48)38-14-5-8-17-42-20-11-29(45)35(51)26(42)2)24-33(49)39-15-6-9-18-43-21-12-30(46)36(52)27(43)3/h10-12,19-21,50-52H,4-9,13-18,22-24H2,1-3H3,(H,37,47)(H,38,48)(H,39,49). The number of pyridine rings is 3. The lowest BCUT2D eigenvalue weighted by Crippen LogP contribution is -2.47. The van der Waals surface area contributed by atoms with Gasteiger partial charge in [-0.15, -0.1) is 0 Å². The molecule has 0 saturated heterocycles. The largest absolute Gasteiger partial charge is 0.503 e. The lowest BCUT2D eigenvalue weighted by atomic mass is 10.2. The van der Waals surface area contributed by atoms with E-state index in [2.05, 4.69) is 16.0 Å². The highest BCUT2D eigenvalue weighted by Crippen LogP contribution is 2.12. The minimum Gasteiger partial charge on any atom is -0.503 e. The Morgan fingerprint density at radius 2 is 0.788 bits per heavy atom. The van der Waals surface area contributed by atoms with Gasteiger partial charge in [0.2, 0.25) is 34.0 Å². The minimum absolute atomic E-state index is 0.183. The van der Waals surface area contributed by atoms with Crippen LogP contribution in [-0.2, 0) is 34.0 Å². The second-order valence-electron chi connectivity index (χ2n) is 12.7. The Labute approximate surface area is 301 Å². The van der Waals surface area contributed by atoms with Gasteiger partial charge in [-0.2, -0.15) is 0 Å². The van der Waals surface area contributed by atoms with Crippen LogP contribution >= 0.6 is 0 Å². The van der Waals surface area contributed by atoms with E-state index in [0.29, 0.717) is 94.9 Å². The smallest absolute Gasteiger partial charge is 0.234 e. The third-order valence-electron chi connectivity index (χ3n) is 8.78. The fraction of sp³-hybridized carbons (Fsp3) is 0.500. The van der Waals surface area contributed by atoms with Crippen LogP contribution < -0.4 is 32.2 Å². The summed E-state index contributed by atoms with van der Waals surface area (Å²) >= 11 is 0. The summed E-state index contributed by atoms with van der Waals surface area (Å²) in [5, 5.41) is 38.1. The molecule has 284 valence electrons. The van der Waals surface area contributed by atoms with Crippen molar-refractivity contribution in [2.24, 2.45) is 0 Å². The van der Waals surface area contributed by atoms with Gasteiger partial charge in [0.15, 0.2) is 17.2 Å². The van der Waals surface area contributed by atoms with Crippen LogP contribution in [0, 0.1) is 20.8 Å². The molecule has 0 aromatic carbocycles. The van der Waals surface area contributed by atoms with Crippen molar-refractivity contribution in [3.05, 3.63) is 84.5 Å². The van der Waals surface area contributed by atoms with Crippen LogP contribution in [0.1, 0.15) is 55.6 Å². The number of aryl methyl sites for hydroxylation is 3. The Morgan fingerprint density at radius 3 is 1.06 bits per heavy atom. The molecule has 3 aromatic rings. The quantitative estimate of drug-likeness (QED) is 0.0841. The van der Waals surface area contributed by atoms with Gasteiger partial charge in [-0.1, -0.05) is 0 Å². The van der Waals surface area contributed by atoms with E-state index >= 15 is 0 Å². The fourth-order valence-corrected chi connectivity index (χ4v) is 5.56. The van der Waals surface area contributed by atoms with Crippen molar-refractivity contribution in [3.63, 3.8) is 0 Å². The molecule has 0 unspecified atom stereocenters. The molecule has 52 heavy (non-hydrogen) atoms. The third kappa shape index (κ3) is 12.7. The number of nitrogens with zero attached hydrogens (tertiary/aromatic N) is 4. The van der Waals surface area contributed by atoms with E-state index in [0.717, 1.165) is 0 Å². The van der Waals surface area contributed by atoms with Crippen molar-refractivity contribution < 1.29 is 29.7 Å². The zero-order valence-corrected chi connectivity index (χ0v) is 30.2. The Bertz CT molecular complexity index is 1650. The lowest BCUT2D eigenvalue weighted by Gasteiger charge is -2.21. The zero-order chi connectivity index (χ0) is 38.2. The molecule has 3 amide bonds. The van der Waals surface area contributed by atoms with Gasteiger partial charge in [-0.3, -0.25) is 33.7 Å². The predicted octanol–water partition coefficient (Wildman–Crippen LogP) is 0.605. The van der Waals surface area contributed by atoms with E-state index in [-0.39, 0.29) is 54.6 Å². The summed E-state index contributed by atoms with van der Waals surface area (Å²) < 4.78 is 5.30. The molecule has 0 atom stereocenters. The van der Waals surface area contributed by atoms with Crippen LogP contribution in [0.4, 0.5) is 0 Å². The number of hydrogen-bond donors (Lipinski definition) is 6. The van der Waals surface area contributed by atoms with Crippen LogP contribution in [0.15, 0.2) is 51.2 Å². The van der Waals surface area contributed by atoms with Crippen LogP contribution in [0.3, 0.4) is 0 Å². The van der Waals surface area contributed by atoms with Crippen LogP contribution in [-0.4, -0.2) is 90.9 Å². The molecule has 0 radical (unpaired) electrons. The average Bonchev–Trinajstić information content (AvgIpc) is 3.10. The molecule has 3 aromatic heterocycles. The van der Waals surface area contributed by atoms with Gasteiger partial charge < -0.3 is 45.0 Å². The van der Waals surface area contributed by atoms with Gasteiger partial charge in [0.1, 0.15) is 0 Å². The SMILES string of the molecule is Cc1c(O)c(=O)ccn1CCCCNC(=O)CN(CC(=O)NCCCCn1ccc(=O)c(O)c1C)CC(=O)NCCCCn1ccc(=O)c(O)c1C. The number of aromatic hydroxyl groups is 3. The Morgan fingerprint density at radius 1 is 0.519 bits per heavy atom. The van der Waals surface area contributed by atoms with Crippen molar-refractivity contribution in [3.8, 4) is 17.2 Å². The van der Waals surface area contributed by atoms with Crippen molar-refractivity contribution in [1.29, 1.82) is 0 Å². The number of carbonyl (C=O) groups is 3. The summed E-state index contributed by atoms with van der Waals surface area (Å²) in [5.41, 5.74) is 0.0974. The first-order valence-corrected chi connectivity index (χ1v) is 17.5. The molecule has 0 aliphatic heterocycles. The predicted molar refractivity (Wildman–Crippen MR) is 194 cm³/mol. The Balaban J connectivity index is 1.45. The highest BCUT2D eigenvalue weighted by atomic mass is 16.3. The molecule has 0 spiro atoms. The molecular formula is C36H51N7O9. The summed E-state index contributed by atoms with van der Waals surface area (Å²) in [6, 6.07) is 3.90. The number of nitrogens with one attached hydrogen (secondary N) is 3. The first-order chi connectivity index (χ1) is 24.8. The van der Waals surface area contributed by atoms with E-state index < -0.39 is 16.3 Å². The molecule has 0 bridgehead atoms. The Kier molecular flexibility index (Phi) is 16.2. The van der Waals surface area contributed by atoms with Gasteiger partial charge in [0.25, 0.3) is 0 Å². The van der Waals surface area contributed by atoms with Crippen molar-refractivity contribution in [1.82, 2.24) is 34.6 Å². The van der Waals surface area contributed by atoms with Crippen molar-refractivity contribution in [2.45, 2.75) is 78.9 Å². The molecule has 0 aliphatic carbocycles. The van der Waals surface area contributed by atoms with Gasteiger partial charge in [0.05, 0.1) is 36.7 Å². The average molecular weight is 726 g/mol. The summed E-state index contributed by atoms with van der Waals surface area (Å²) in [4.78, 5) is 74.7. The van der Waals surface area contributed by atoms with E-state index in [1.807, 2.05) is 0 Å². The first kappa shape index (κ1) is 41.0. The van der Waals surface area contributed by atoms with Gasteiger partial charge in [-0.25, -0.2) is 0 Å². The van der Waals surface area contributed by atoms with E-state index in [4.69, 9.17) is 0 Å². The van der Waals surface area contributed by atoms with E-state index in [1.165, 1.54) is 23.1 Å². The maximum atomic E-state index is 12.8. The van der Waals surface area contributed by atoms with Crippen molar-refractivity contribution in [2.75, 3.05) is 39.3 Å². The number of aromatic nitrogens is 3. The molecule has 0 saturated carbocycles. The zero-order valence-electron chi connectivity index (χ0n) is 30.2. The number of hydrogen-bond acceptors (Lipinski definition) is 10. The van der Waals surface area contributed by atoms with Crippen LogP contribution in [0.25, 0.3) is 0 Å². The van der Waals surface area contributed by atoms with Crippen molar-refractivity contribution >= 4 is 17.7 Å². The maximum absolute atomic E-state index is 12.8. The molecule has 6 N–H and O–H groups in total. The van der Waals surface area contributed by atoms with Crippen LogP contribution in [0.2, 0.25) is 0 Å². The van der Waals surface area contributed by atoms with Gasteiger partial charge in [0, 0.05) is 76.1 Å². The molecule has 0 aliphatic rings. The minimum atomic E-state index is -0.437. The normalized spacial score (nSPS) is 11.1. The molecule has 16 heteroatoms. The van der Waals surface area contributed by atoms with E-state index in [1.54, 1.807) is 53.1 Å². The molecule has 3 heterocycles. The lowest BCUT2D eigenvalue weighted by molar-refractivity contribution is -0.127. The number of rotatable bonds is 21. The first-order valence-electron chi connectivity index (χ1n) is 17.5. The molecule has 16 nitrogen and oxygen atoms in total. The fourth-order valence-electron chi connectivity index (χ4n) is 5.56. The summed E-state index contributed by atoms with van der Waals surface area (Å²) in [5.74, 6) is -1.90. The summed E-state index contributed by atoms with van der Waals surface area (Å²) in [7, 11) is 0. The number of amides is 3. The molecular weight excluding hydrogens is 674 g/mol. The maximum Gasteiger partial charge on any atom is 0.234 e. The summed E-state index contributed by atoms with van der Waals surface area (Å²) in [6.45, 7) is 7.12. The van der Waals surface area contributed by atoms with E-state index in [9.17, 15) is 44.1 Å². The number of unbranched alkanes of at least 4 members (excludes halogenated alkanes) is 3. The second-order valence-corrected chi connectivity index (χ2v) is 12.7. The topological polar surface area (TPSA) is 217 Å². The second kappa shape index (κ2) is 20.5. The highest BCUT2D eigenvalue weighted by molar-refractivity contribution is 5.84. The number of carbonyl (C=O) groups excluding carboxylic acids is 3. The van der Waals surface area contributed by atoms with Crippen LogP contribution in [0.5, 0.6) is 17.2 Å². The Hall–Kier alpha value is -5.38.